The van der Waals surface area contributed by atoms with Gasteiger partial charge in [-0.05, 0) is 43.7 Å². The van der Waals surface area contributed by atoms with E-state index in [0.717, 1.165) is 12.0 Å². The van der Waals surface area contributed by atoms with Crippen LogP contribution < -0.4 is 5.32 Å². The minimum Gasteiger partial charge on any atom is -0.354 e. The molecule has 29 heavy (non-hydrogen) atoms. The zero-order valence-electron chi connectivity index (χ0n) is 18.2. The number of aryl methyl sites for hydroxylation is 2. The summed E-state index contributed by atoms with van der Waals surface area (Å²) in [5, 5.41) is 2.96. The van der Waals surface area contributed by atoms with Crippen LogP contribution in [0.3, 0.4) is 0 Å². The van der Waals surface area contributed by atoms with Crippen molar-refractivity contribution in [1.29, 1.82) is 0 Å². The summed E-state index contributed by atoms with van der Waals surface area (Å²) in [6.45, 7) is 9.15. The average molecular weight is 395 g/mol. The average Bonchev–Trinajstić information content (AvgIpc) is 2.72. The van der Waals surface area contributed by atoms with Gasteiger partial charge in [-0.3, -0.25) is 9.59 Å². The van der Waals surface area contributed by atoms with Gasteiger partial charge in [0.25, 0.3) is 0 Å². The SMILES string of the molecule is Cc1ccc(CCC(=O)N(CCc2ccccc2)C(C)C(=O)NCC(C)C)cc1. The Hall–Kier alpha value is -2.62. The molecule has 156 valence electrons. The molecule has 4 heteroatoms. The number of hydrogen-bond donors (Lipinski definition) is 1. The molecule has 0 saturated carbocycles. The lowest BCUT2D eigenvalue weighted by Gasteiger charge is -2.29. The molecule has 0 aromatic heterocycles. The van der Waals surface area contributed by atoms with E-state index >= 15 is 0 Å². The Labute approximate surface area is 175 Å². The van der Waals surface area contributed by atoms with Crippen LogP contribution in [0.25, 0.3) is 0 Å². The third-order valence-corrected chi connectivity index (χ3v) is 5.08. The molecule has 0 spiro atoms. The number of nitrogens with one attached hydrogen (secondary N) is 1. The Morgan fingerprint density at radius 1 is 0.897 bits per heavy atom. The highest BCUT2D eigenvalue weighted by Crippen LogP contribution is 2.11. The number of hydrogen-bond acceptors (Lipinski definition) is 2. The fourth-order valence-electron chi connectivity index (χ4n) is 3.17. The van der Waals surface area contributed by atoms with E-state index < -0.39 is 6.04 Å². The van der Waals surface area contributed by atoms with Crippen molar-refractivity contribution in [3.8, 4) is 0 Å². The molecule has 0 saturated heterocycles. The monoisotopic (exact) mass is 394 g/mol. The molecule has 2 aromatic rings. The van der Waals surface area contributed by atoms with Gasteiger partial charge in [0.05, 0.1) is 0 Å². The Morgan fingerprint density at radius 2 is 1.52 bits per heavy atom. The van der Waals surface area contributed by atoms with Crippen molar-refractivity contribution < 1.29 is 9.59 Å². The fourth-order valence-corrected chi connectivity index (χ4v) is 3.17. The predicted octanol–water partition coefficient (Wildman–Crippen LogP) is 4.16. The van der Waals surface area contributed by atoms with Crippen LogP contribution in [0.4, 0.5) is 0 Å². The highest BCUT2D eigenvalue weighted by atomic mass is 16.2. The summed E-state index contributed by atoms with van der Waals surface area (Å²) < 4.78 is 0. The highest BCUT2D eigenvalue weighted by Gasteiger charge is 2.25. The minimum absolute atomic E-state index is 0.0219. The van der Waals surface area contributed by atoms with Crippen molar-refractivity contribution in [2.24, 2.45) is 5.92 Å². The lowest BCUT2D eigenvalue weighted by molar-refractivity contribution is -0.139. The first-order chi connectivity index (χ1) is 13.9. The molecular formula is C25H34N2O2. The number of nitrogens with zero attached hydrogens (tertiary/aromatic N) is 1. The molecule has 2 amide bonds. The summed E-state index contributed by atoms with van der Waals surface area (Å²) in [5.74, 6) is 0.310. The zero-order chi connectivity index (χ0) is 21.2. The summed E-state index contributed by atoms with van der Waals surface area (Å²) >= 11 is 0. The van der Waals surface area contributed by atoms with Gasteiger partial charge in [-0.25, -0.2) is 0 Å². The van der Waals surface area contributed by atoms with Crippen LogP contribution in [-0.2, 0) is 22.4 Å². The van der Waals surface area contributed by atoms with Gasteiger partial charge in [0.15, 0.2) is 0 Å². The molecule has 0 radical (unpaired) electrons. The van der Waals surface area contributed by atoms with Crippen LogP contribution in [0.15, 0.2) is 54.6 Å². The standard InChI is InChI=1S/C25H34N2O2/c1-19(2)18-26-25(29)21(4)27(17-16-22-8-6-5-7-9-22)24(28)15-14-23-12-10-20(3)11-13-23/h5-13,19,21H,14-18H2,1-4H3,(H,26,29). The molecule has 0 aliphatic carbocycles. The second-order valence-corrected chi connectivity index (χ2v) is 8.12. The van der Waals surface area contributed by atoms with Crippen LogP contribution in [-0.4, -0.2) is 35.8 Å². The van der Waals surface area contributed by atoms with Gasteiger partial charge < -0.3 is 10.2 Å². The number of carbonyl (C=O) groups is 2. The summed E-state index contributed by atoms with van der Waals surface area (Å²) in [4.78, 5) is 27.4. The molecule has 1 atom stereocenters. The van der Waals surface area contributed by atoms with E-state index in [9.17, 15) is 9.59 Å². The van der Waals surface area contributed by atoms with E-state index in [1.54, 1.807) is 4.90 Å². The van der Waals surface area contributed by atoms with E-state index in [2.05, 4.69) is 62.5 Å². The number of rotatable bonds is 10. The van der Waals surface area contributed by atoms with Gasteiger partial charge in [0.2, 0.25) is 11.8 Å². The maximum absolute atomic E-state index is 13.0. The molecule has 0 heterocycles. The fraction of sp³-hybridized carbons (Fsp3) is 0.440. The van der Waals surface area contributed by atoms with Gasteiger partial charge in [-0.15, -0.1) is 0 Å². The Balaban J connectivity index is 2.03. The van der Waals surface area contributed by atoms with Crippen LogP contribution in [0.5, 0.6) is 0 Å². The summed E-state index contributed by atoms with van der Waals surface area (Å²) in [6, 6.07) is 17.9. The molecule has 0 aliphatic heterocycles. The molecule has 4 nitrogen and oxygen atoms in total. The summed E-state index contributed by atoms with van der Waals surface area (Å²) in [7, 11) is 0. The smallest absolute Gasteiger partial charge is 0.242 e. The van der Waals surface area contributed by atoms with Crippen LogP contribution >= 0.6 is 0 Å². The highest BCUT2D eigenvalue weighted by molar-refractivity contribution is 5.87. The van der Waals surface area contributed by atoms with E-state index in [-0.39, 0.29) is 11.8 Å². The van der Waals surface area contributed by atoms with Crippen molar-refractivity contribution in [2.45, 2.75) is 53.0 Å². The van der Waals surface area contributed by atoms with Gasteiger partial charge in [-0.2, -0.15) is 0 Å². The number of benzene rings is 2. The summed E-state index contributed by atoms with van der Waals surface area (Å²) in [6.07, 6.45) is 1.82. The summed E-state index contributed by atoms with van der Waals surface area (Å²) in [5.41, 5.74) is 3.52. The molecule has 2 rings (SSSR count). The van der Waals surface area contributed by atoms with Gasteiger partial charge in [0.1, 0.15) is 6.04 Å². The Bertz CT molecular complexity index is 769. The Kier molecular flexibility index (Phi) is 8.91. The first-order valence-corrected chi connectivity index (χ1v) is 10.5. The zero-order valence-corrected chi connectivity index (χ0v) is 18.2. The lowest BCUT2D eigenvalue weighted by Crippen LogP contribution is -2.49. The van der Waals surface area contributed by atoms with Crippen molar-refractivity contribution >= 4 is 11.8 Å². The molecule has 0 bridgehead atoms. The first-order valence-electron chi connectivity index (χ1n) is 10.5. The van der Waals surface area contributed by atoms with Crippen molar-refractivity contribution in [3.05, 3.63) is 71.3 Å². The van der Waals surface area contributed by atoms with Crippen LogP contribution in [0.1, 0.15) is 43.9 Å². The number of amides is 2. The lowest BCUT2D eigenvalue weighted by atomic mass is 10.1. The second-order valence-electron chi connectivity index (χ2n) is 8.12. The topological polar surface area (TPSA) is 49.4 Å². The predicted molar refractivity (Wildman–Crippen MR) is 119 cm³/mol. The van der Waals surface area contributed by atoms with Gasteiger partial charge in [0, 0.05) is 19.5 Å². The van der Waals surface area contributed by atoms with Crippen molar-refractivity contribution in [2.75, 3.05) is 13.1 Å². The number of carbonyl (C=O) groups excluding carboxylic acids is 2. The maximum atomic E-state index is 13.0. The molecule has 0 aliphatic rings. The van der Waals surface area contributed by atoms with Crippen molar-refractivity contribution in [1.82, 2.24) is 10.2 Å². The Morgan fingerprint density at radius 3 is 2.14 bits per heavy atom. The first kappa shape index (κ1) is 22.7. The van der Waals surface area contributed by atoms with Crippen LogP contribution in [0.2, 0.25) is 0 Å². The quantitative estimate of drug-likeness (QED) is 0.658. The van der Waals surface area contributed by atoms with E-state index in [1.165, 1.54) is 11.1 Å². The van der Waals surface area contributed by atoms with Crippen molar-refractivity contribution in [3.63, 3.8) is 0 Å². The van der Waals surface area contributed by atoms with Gasteiger partial charge in [-0.1, -0.05) is 74.0 Å². The maximum Gasteiger partial charge on any atom is 0.242 e. The second kappa shape index (κ2) is 11.4. The third-order valence-electron chi connectivity index (χ3n) is 5.08. The van der Waals surface area contributed by atoms with E-state index in [0.29, 0.717) is 31.8 Å². The third kappa shape index (κ3) is 7.72. The molecule has 2 aromatic carbocycles. The van der Waals surface area contributed by atoms with Crippen LogP contribution in [0, 0.1) is 12.8 Å². The minimum atomic E-state index is -0.483. The molecule has 1 unspecified atom stereocenters. The van der Waals surface area contributed by atoms with Gasteiger partial charge >= 0.3 is 0 Å². The normalized spacial score (nSPS) is 11.9. The van der Waals surface area contributed by atoms with E-state index in [1.807, 2.05) is 25.1 Å². The molecule has 0 fully saturated rings. The largest absolute Gasteiger partial charge is 0.354 e. The molecule has 1 N–H and O–H groups in total. The molecular weight excluding hydrogens is 360 g/mol. The van der Waals surface area contributed by atoms with E-state index in [4.69, 9.17) is 0 Å².